The molecule has 24 N–H and O–H groups in total. The molecule has 0 bridgehead atoms. The maximum Gasteiger partial charge on any atom is 2.00 e. The van der Waals surface area contributed by atoms with E-state index in [0.717, 1.165) is 22.5 Å². The van der Waals surface area contributed by atoms with E-state index in [9.17, 15) is 78.0 Å². The first-order valence-corrected chi connectivity index (χ1v) is 33.1. The number of nitrogens with one attached hydrogen (secondary N) is 12. The zero-order valence-electron chi connectivity index (χ0n) is 58.7. The number of hydrogen-bond donors (Lipinski definition) is 18. The number of aliphatic carboxylic acids is 4. The van der Waals surface area contributed by atoms with Crippen LogP contribution >= 0.6 is 0 Å². The summed E-state index contributed by atoms with van der Waals surface area (Å²) in [5.41, 5.74) is 37.8. The number of hydrogen-bond acceptors (Lipinski definition) is 26. The molecule has 0 saturated carbocycles. The number of nitrogens with zero attached hydrogens (tertiary/aromatic N) is 4. The van der Waals surface area contributed by atoms with Crippen LogP contribution in [0.4, 0.5) is 0 Å². The number of aryl methyl sites for hydroxylation is 2. The Labute approximate surface area is 632 Å². The first-order chi connectivity index (χ1) is 49.5. The number of H-pyrrole nitrogens is 4. The molecular formula is C66H94Cu2N22O16. The minimum Gasteiger partial charge on any atom is -0.548 e. The number of imidazole rings is 4. The fourth-order valence-corrected chi connectivity index (χ4v) is 9.41. The van der Waals surface area contributed by atoms with Crippen molar-refractivity contribution in [2.75, 3.05) is 26.2 Å². The molecule has 0 unspecified atom stereocenters. The van der Waals surface area contributed by atoms with Crippen LogP contribution in [0.15, 0.2) is 98.4 Å². The van der Waals surface area contributed by atoms with Gasteiger partial charge in [-0.2, -0.15) is 0 Å². The van der Waals surface area contributed by atoms with Crippen molar-refractivity contribution in [1.82, 2.24) is 82.4 Å². The molecule has 0 aliphatic heterocycles. The summed E-state index contributed by atoms with van der Waals surface area (Å²) < 4.78 is 0. The van der Waals surface area contributed by atoms with Gasteiger partial charge in [0.25, 0.3) is 0 Å². The molecule has 586 valence electrons. The number of nitrogens with two attached hydrogens (primary N) is 6. The number of benzene rings is 2. The van der Waals surface area contributed by atoms with Gasteiger partial charge in [-0.3, -0.25) is 38.4 Å². The van der Waals surface area contributed by atoms with Gasteiger partial charge in [0.15, 0.2) is 0 Å². The number of amides is 8. The van der Waals surface area contributed by atoms with Crippen LogP contribution in [0.25, 0.3) is 0 Å². The number of carboxylic acid groups (broad SMARTS) is 4. The number of carboxylic acids is 4. The smallest absolute Gasteiger partial charge is 0.548 e. The van der Waals surface area contributed by atoms with Gasteiger partial charge in [-0.05, 0) is 103 Å². The average Bonchev–Trinajstić information content (AvgIpc) is 1.27. The normalized spacial score (nSPS) is 13.3. The van der Waals surface area contributed by atoms with Gasteiger partial charge in [0.1, 0.15) is 24.2 Å². The van der Waals surface area contributed by atoms with Gasteiger partial charge in [0.05, 0.1) is 110 Å². The molecule has 0 spiro atoms. The second-order valence-corrected chi connectivity index (χ2v) is 23.7. The van der Waals surface area contributed by atoms with Crippen molar-refractivity contribution < 1.29 is 112 Å². The minimum absolute atomic E-state index is 0. The first-order valence-electron chi connectivity index (χ1n) is 33.1. The number of carbonyl (C=O) groups is 12. The van der Waals surface area contributed by atoms with Crippen LogP contribution in [-0.2, 0) is 130 Å². The molecule has 10 atom stereocenters. The molecule has 2 radical (unpaired) electrons. The van der Waals surface area contributed by atoms with Crippen molar-refractivity contribution in [3.8, 4) is 0 Å². The predicted molar refractivity (Wildman–Crippen MR) is 366 cm³/mol. The summed E-state index contributed by atoms with van der Waals surface area (Å²) in [5.74, 6) is -10.3. The molecule has 2 aromatic carbocycles. The largest absolute Gasteiger partial charge is 2.00 e. The van der Waals surface area contributed by atoms with Crippen molar-refractivity contribution in [2.45, 2.75) is 165 Å². The summed E-state index contributed by atoms with van der Waals surface area (Å²) in [6, 6.07) is 7.27. The molecule has 106 heavy (non-hydrogen) atoms. The summed E-state index contributed by atoms with van der Waals surface area (Å²) in [6.07, 6.45) is 12.1. The zero-order chi connectivity index (χ0) is 77.3. The zero-order valence-corrected chi connectivity index (χ0v) is 60.6. The van der Waals surface area contributed by atoms with Gasteiger partial charge in [0, 0.05) is 60.9 Å². The van der Waals surface area contributed by atoms with Crippen LogP contribution in [0, 0.1) is 13.8 Å². The van der Waals surface area contributed by atoms with Crippen molar-refractivity contribution >= 4 is 71.1 Å². The predicted octanol–water partition coefficient (Wildman–Crippen LogP) is -9.35. The second-order valence-electron chi connectivity index (χ2n) is 23.7. The van der Waals surface area contributed by atoms with Gasteiger partial charge in [0.2, 0.25) is 47.3 Å². The Morgan fingerprint density at radius 2 is 0.689 bits per heavy atom. The van der Waals surface area contributed by atoms with Crippen LogP contribution < -0.4 is 97.4 Å². The molecule has 4 heterocycles. The number of unbranched alkanes of at least 4 members (excludes halogenated alkanes) is 2. The molecular weight excluding hydrogens is 1480 g/mol. The topological polar surface area (TPSA) is 664 Å². The standard InChI is InChI=1S/2C17H21N5O4.2C16H28N6O4.2Cu/c2*18-8-15(23)21-13(7-12-9-19-10-20-12)16(24)22-14(17(25)26)6-11-4-2-1-3-5-11;2*1-9(18)14(23)22-13(7-12-10(2)19-8-20-12)15(24)21-11(16(25)26)5-3-4-6-17;;/h2*1-5,9-10,13-14H,6-8,18H2,(H,19,20)(H,21,23)(H,22,24)(H,25,26);2*8-9,11,13H,3-7,17-18H2,1-2H3,(H,19,20)(H,21,24)(H,22,23)(H,25,26);;/q;;;;2*+2/p-4/t2*13-,14-;2*9-,11-,13-;;/m0000../s1. The Morgan fingerprint density at radius 1 is 0.387 bits per heavy atom. The molecule has 0 fully saturated rings. The van der Waals surface area contributed by atoms with E-state index >= 15 is 0 Å². The van der Waals surface area contributed by atoms with Gasteiger partial charge in [-0.15, -0.1) is 0 Å². The van der Waals surface area contributed by atoms with Crippen LogP contribution in [0.3, 0.4) is 0 Å². The van der Waals surface area contributed by atoms with Gasteiger partial charge >= 0.3 is 34.1 Å². The van der Waals surface area contributed by atoms with E-state index in [0.29, 0.717) is 61.5 Å². The van der Waals surface area contributed by atoms with E-state index in [2.05, 4.69) is 82.4 Å². The van der Waals surface area contributed by atoms with Crippen LogP contribution in [0.5, 0.6) is 0 Å². The van der Waals surface area contributed by atoms with Gasteiger partial charge in [-0.1, -0.05) is 60.7 Å². The van der Waals surface area contributed by atoms with Crippen molar-refractivity contribution in [2.24, 2.45) is 34.4 Å². The average molecular weight is 1580 g/mol. The Balaban J connectivity index is 0.000000702. The SMILES string of the molecule is Cc1[nH]cnc1C[C@H](NC(=O)[C@H](C)N)C(=O)N[C@@H](CCCCN)C(=O)[O-].Cc1[nH]cnc1C[C@H](NC(=O)[C@H](C)N)C(=O)N[C@@H](CCCCN)C(=O)[O-].NCC(=O)N[C@@H](Cc1cnc[nH]1)C(=O)N[C@@H](Cc1ccccc1)C(=O)[O-].NCC(=O)N[C@@H](Cc1cnc[nH]1)C(=O)N[C@@H](Cc1ccccc1)C(=O)[O-].[Cu+2].[Cu+2]. The quantitative estimate of drug-likeness (QED) is 0.0125. The van der Waals surface area contributed by atoms with Crippen LogP contribution in [0.2, 0.25) is 0 Å². The number of aromatic nitrogens is 8. The molecule has 0 aliphatic rings. The van der Waals surface area contributed by atoms with Crippen molar-refractivity contribution in [3.05, 3.63) is 144 Å². The molecule has 0 saturated heterocycles. The fourth-order valence-electron chi connectivity index (χ4n) is 9.41. The summed E-state index contributed by atoms with van der Waals surface area (Å²) >= 11 is 0. The maximum absolute atomic E-state index is 12.6. The molecule has 6 rings (SSSR count). The molecule has 4 aromatic heterocycles. The van der Waals surface area contributed by atoms with E-state index in [-0.39, 0.29) is 98.6 Å². The maximum atomic E-state index is 12.6. The number of rotatable bonds is 40. The summed E-state index contributed by atoms with van der Waals surface area (Å²) in [4.78, 5) is 170. The van der Waals surface area contributed by atoms with Crippen LogP contribution in [0.1, 0.15) is 97.7 Å². The minimum atomic E-state index is -1.41. The van der Waals surface area contributed by atoms with E-state index < -0.39 is 132 Å². The van der Waals surface area contributed by atoms with Crippen molar-refractivity contribution in [3.63, 3.8) is 0 Å². The molecule has 8 amide bonds. The third-order valence-corrected chi connectivity index (χ3v) is 15.3. The summed E-state index contributed by atoms with van der Waals surface area (Å²) in [6.45, 7) is 6.81. The fraction of sp³-hybridized carbons (Fsp3) is 0.455. The Bertz CT molecular complexity index is 3410. The Kier molecular flexibility index (Phi) is 45.1. The first kappa shape index (κ1) is 93.7. The molecule has 0 aliphatic carbocycles. The molecule has 38 nitrogen and oxygen atoms in total. The second kappa shape index (κ2) is 51.0. The van der Waals surface area contributed by atoms with E-state index in [1.165, 1.54) is 51.6 Å². The summed E-state index contributed by atoms with van der Waals surface area (Å²) in [5, 5.41) is 65.0. The number of aromatic amines is 4. The van der Waals surface area contributed by atoms with E-state index in [1.54, 1.807) is 74.5 Å². The Hall–Kier alpha value is -10.3. The molecule has 6 aromatic rings. The van der Waals surface area contributed by atoms with E-state index in [4.69, 9.17) is 34.4 Å². The van der Waals surface area contributed by atoms with Gasteiger partial charge < -0.3 is 136 Å². The number of carbonyl (C=O) groups excluding carboxylic acids is 12. The third kappa shape index (κ3) is 35.9. The van der Waals surface area contributed by atoms with Crippen molar-refractivity contribution in [1.29, 1.82) is 0 Å². The monoisotopic (exact) mass is 1580 g/mol. The molecule has 40 heteroatoms. The van der Waals surface area contributed by atoms with Crippen LogP contribution in [-0.4, -0.2) is 198 Å². The Morgan fingerprint density at radius 3 is 0.943 bits per heavy atom. The summed E-state index contributed by atoms with van der Waals surface area (Å²) in [7, 11) is 0. The van der Waals surface area contributed by atoms with Gasteiger partial charge in [-0.25, -0.2) is 19.9 Å². The third-order valence-electron chi connectivity index (χ3n) is 15.3. The van der Waals surface area contributed by atoms with E-state index in [1.807, 2.05) is 0 Å².